The van der Waals surface area contributed by atoms with Crippen LogP contribution in [-0.4, -0.2) is 27.0 Å². The topological polar surface area (TPSA) is 62.7 Å². The summed E-state index contributed by atoms with van der Waals surface area (Å²) in [6.45, 7) is 0.692. The van der Waals surface area contributed by atoms with Crippen LogP contribution in [0.5, 0.6) is 0 Å². The van der Waals surface area contributed by atoms with E-state index in [2.05, 4.69) is 44.4 Å². The molecule has 5 nitrogen and oxygen atoms in total. The maximum Gasteiger partial charge on any atom is 0.222 e. The molecule has 0 spiro atoms. The van der Waals surface area contributed by atoms with Gasteiger partial charge in [-0.25, -0.2) is 4.98 Å². The van der Waals surface area contributed by atoms with Crippen molar-refractivity contribution < 1.29 is 4.79 Å². The van der Waals surface area contributed by atoms with Crippen LogP contribution in [-0.2, 0) is 16.8 Å². The van der Waals surface area contributed by atoms with Crippen molar-refractivity contribution in [3.63, 3.8) is 0 Å². The highest BCUT2D eigenvalue weighted by Crippen LogP contribution is 2.37. The molecule has 4 rings (SSSR count). The Balaban J connectivity index is 1.28. The lowest BCUT2D eigenvalue weighted by atomic mass is 9.78. The van der Waals surface area contributed by atoms with Gasteiger partial charge in [-0.05, 0) is 43.5 Å². The quantitative estimate of drug-likeness (QED) is 0.618. The van der Waals surface area contributed by atoms with Crippen molar-refractivity contribution in [2.24, 2.45) is 0 Å². The number of aromatic nitrogens is 3. The van der Waals surface area contributed by atoms with Crippen LogP contribution < -0.4 is 5.32 Å². The number of nitrogens with one attached hydrogen (secondary N) is 2. The zero-order valence-corrected chi connectivity index (χ0v) is 15.8. The monoisotopic (exact) mass is 364 g/mol. The molecule has 0 saturated heterocycles. The smallest absolute Gasteiger partial charge is 0.222 e. The van der Waals surface area contributed by atoms with Crippen LogP contribution in [0.25, 0.3) is 11.0 Å². The van der Waals surface area contributed by atoms with Crippen LogP contribution in [0, 0.1) is 0 Å². The number of carbonyl (C=O) groups is 1. The highest BCUT2D eigenvalue weighted by atomic mass is 16.1. The van der Waals surface area contributed by atoms with Crippen molar-refractivity contribution in [2.75, 3.05) is 6.54 Å². The van der Waals surface area contributed by atoms with E-state index in [0.717, 1.165) is 42.5 Å². The number of amides is 1. The first-order chi connectivity index (χ1) is 13.3. The molecular formula is C22H28N4O. The van der Waals surface area contributed by atoms with E-state index in [0.29, 0.717) is 13.0 Å². The third-order valence-corrected chi connectivity index (χ3v) is 5.78. The summed E-state index contributed by atoms with van der Waals surface area (Å²) in [5, 5.41) is 3.13. The summed E-state index contributed by atoms with van der Waals surface area (Å²) in [6.07, 6.45) is 12.4. The van der Waals surface area contributed by atoms with E-state index < -0.39 is 0 Å². The van der Waals surface area contributed by atoms with E-state index in [4.69, 9.17) is 0 Å². The number of rotatable bonds is 7. The van der Waals surface area contributed by atoms with Crippen molar-refractivity contribution in [1.82, 2.24) is 19.9 Å². The minimum Gasteiger partial charge on any atom is -0.356 e. The number of aromatic amines is 1. The maximum absolute atomic E-state index is 12.6. The van der Waals surface area contributed by atoms with E-state index in [1.54, 1.807) is 0 Å². The van der Waals surface area contributed by atoms with Crippen molar-refractivity contribution in [1.29, 1.82) is 0 Å². The number of H-pyrrole nitrogens is 1. The van der Waals surface area contributed by atoms with Gasteiger partial charge in [0.1, 0.15) is 5.82 Å². The Morgan fingerprint density at radius 3 is 2.67 bits per heavy atom. The third kappa shape index (κ3) is 4.07. The van der Waals surface area contributed by atoms with Crippen LogP contribution >= 0.6 is 0 Å². The van der Waals surface area contributed by atoms with Gasteiger partial charge in [0.05, 0.1) is 23.0 Å². The van der Waals surface area contributed by atoms with E-state index in [1.165, 1.54) is 19.3 Å². The largest absolute Gasteiger partial charge is 0.356 e. The molecule has 3 aromatic rings. The highest BCUT2D eigenvalue weighted by molar-refractivity contribution is 5.77. The number of para-hydroxylation sites is 2. The number of benzene rings is 1. The first-order valence-electron chi connectivity index (χ1n) is 10.1. The van der Waals surface area contributed by atoms with Crippen LogP contribution in [0.2, 0.25) is 0 Å². The fourth-order valence-corrected chi connectivity index (χ4v) is 4.36. The van der Waals surface area contributed by atoms with E-state index in [9.17, 15) is 4.79 Å². The average Bonchev–Trinajstić information content (AvgIpc) is 3.35. The molecule has 1 aliphatic carbocycles. The van der Waals surface area contributed by atoms with Gasteiger partial charge in [-0.1, -0.05) is 31.4 Å². The molecule has 2 aromatic heterocycles. The molecule has 1 aromatic carbocycles. The van der Waals surface area contributed by atoms with Crippen molar-refractivity contribution in [2.45, 2.75) is 56.9 Å². The minimum absolute atomic E-state index is 0.0371. The molecule has 1 amide bonds. The van der Waals surface area contributed by atoms with Gasteiger partial charge in [0, 0.05) is 25.4 Å². The number of carbonyl (C=O) groups excluding carboxylic acids is 1. The number of fused-ring (bicyclic) bond motifs is 1. The summed E-state index contributed by atoms with van der Waals surface area (Å²) in [5.74, 6) is 1.15. The Morgan fingerprint density at radius 1 is 1.11 bits per heavy atom. The van der Waals surface area contributed by atoms with Gasteiger partial charge in [-0.15, -0.1) is 0 Å². The third-order valence-electron chi connectivity index (χ3n) is 5.78. The van der Waals surface area contributed by atoms with Gasteiger partial charge in [0.15, 0.2) is 0 Å². The molecule has 142 valence electrons. The van der Waals surface area contributed by atoms with Crippen LogP contribution in [0.4, 0.5) is 0 Å². The molecule has 0 bridgehead atoms. The van der Waals surface area contributed by atoms with E-state index in [-0.39, 0.29) is 11.4 Å². The molecule has 0 aliphatic heterocycles. The van der Waals surface area contributed by atoms with E-state index in [1.807, 2.05) is 24.3 Å². The summed E-state index contributed by atoms with van der Waals surface area (Å²) >= 11 is 0. The highest BCUT2D eigenvalue weighted by Gasteiger charge is 2.35. The second-order valence-corrected chi connectivity index (χ2v) is 7.71. The van der Waals surface area contributed by atoms with Crippen LogP contribution in [0.3, 0.4) is 0 Å². The fraction of sp³-hybridized carbons (Fsp3) is 0.455. The van der Waals surface area contributed by atoms with Gasteiger partial charge >= 0.3 is 0 Å². The lowest BCUT2D eigenvalue weighted by Crippen LogP contribution is -2.40. The predicted octanol–water partition coefficient (Wildman–Crippen LogP) is 4.16. The lowest BCUT2D eigenvalue weighted by Gasteiger charge is -2.38. The Labute approximate surface area is 160 Å². The number of imidazole rings is 1. The van der Waals surface area contributed by atoms with Crippen molar-refractivity contribution in [3.05, 3.63) is 54.6 Å². The summed E-state index contributed by atoms with van der Waals surface area (Å²) in [5.41, 5.74) is 2.04. The number of aryl methyl sites for hydroxylation is 1. The van der Waals surface area contributed by atoms with Gasteiger partial charge in [0.25, 0.3) is 0 Å². The van der Waals surface area contributed by atoms with Gasteiger partial charge in [-0.2, -0.15) is 0 Å². The number of hydrogen-bond donors (Lipinski definition) is 2. The lowest BCUT2D eigenvalue weighted by molar-refractivity contribution is -0.123. The maximum atomic E-state index is 12.6. The molecule has 2 heterocycles. The molecule has 2 N–H and O–H groups in total. The van der Waals surface area contributed by atoms with Gasteiger partial charge in [0.2, 0.25) is 5.91 Å². The van der Waals surface area contributed by atoms with Gasteiger partial charge in [-0.3, -0.25) is 4.79 Å². The molecule has 27 heavy (non-hydrogen) atoms. The van der Waals surface area contributed by atoms with Crippen molar-refractivity contribution in [3.8, 4) is 0 Å². The first-order valence-corrected chi connectivity index (χ1v) is 10.1. The second kappa shape index (κ2) is 7.99. The minimum atomic E-state index is -0.0371. The average molecular weight is 364 g/mol. The summed E-state index contributed by atoms with van der Waals surface area (Å²) < 4.78 is 2.26. The Bertz CT molecular complexity index is 842. The first kappa shape index (κ1) is 17.8. The Morgan fingerprint density at radius 2 is 1.89 bits per heavy atom. The molecule has 1 saturated carbocycles. The molecule has 1 fully saturated rings. The Kier molecular flexibility index (Phi) is 5.28. The molecule has 1 aliphatic rings. The standard InChI is InChI=1S/C22H28N4O/c27-21(17-22(12-4-1-5-13-22)26-15-6-7-16-26)23-14-8-11-20-24-18-9-2-3-10-19(18)25-20/h2-3,6-7,9-10,15-16H,1,4-5,8,11-14,17H2,(H,23,27)(H,24,25). The molecular weight excluding hydrogens is 336 g/mol. The van der Waals surface area contributed by atoms with E-state index >= 15 is 0 Å². The zero-order valence-electron chi connectivity index (χ0n) is 15.8. The molecule has 0 radical (unpaired) electrons. The summed E-state index contributed by atoms with van der Waals surface area (Å²) in [4.78, 5) is 20.6. The molecule has 0 atom stereocenters. The molecule has 0 unspecified atom stereocenters. The summed E-state index contributed by atoms with van der Waals surface area (Å²) in [6, 6.07) is 12.2. The van der Waals surface area contributed by atoms with Crippen molar-refractivity contribution >= 4 is 16.9 Å². The fourth-order valence-electron chi connectivity index (χ4n) is 4.36. The molecule has 5 heteroatoms. The second-order valence-electron chi connectivity index (χ2n) is 7.71. The SMILES string of the molecule is O=C(CC1(n2cccc2)CCCCC1)NCCCc1nc2ccccc2[nH]1. The van der Waals surface area contributed by atoms with Gasteiger partial charge < -0.3 is 14.9 Å². The summed E-state index contributed by atoms with van der Waals surface area (Å²) in [7, 11) is 0. The van der Waals surface area contributed by atoms with Crippen LogP contribution in [0.15, 0.2) is 48.8 Å². The zero-order chi connectivity index (χ0) is 18.5. The number of nitrogens with zero attached hydrogens (tertiary/aromatic N) is 2. The predicted molar refractivity (Wildman–Crippen MR) is 108 cm³/mol. The number of hydrogen-bond acceptors (Lipinski definition) is 2. The Hall–Kier alpha value is -2.56. The van der Waals surface area contributed by atoms with Crippen LogP contribution in [0.1, 0.15) is 50.8 Å². The normalized spacial score (nSPS) is 16.4.